The smallest absolute Gasteiger partial charge is 0.314 e. The first-order chi connectivity index (χ1) is 18.2. The van der Waals surface area contributed by atoms with Gasteiger partial charge in [-0.3, -0.25) is 19.5 Å². The molecule has 1 N–H and O–H groups in total. The van der Waals surface area contributed by atoms with Crippen LogP contribution in [0.1, 0.15) is 47.8 Å². The predicted molar refractivity (Wildman–Crippen MR) is 134 cm³/mol. The van der Waals surface area contributed by atoms with E-state index in [-0.39, 0.29) is 18.3 Å². The Labute approximate surface area is 215 Å². The molecule has 1 aliphatic rings. The SMILES string of the molecule is CC1(C)C(=O)N(Cc2ccc(-c3nnc(C(F)F)o3)cn2)C(=O)c2cc(-c3cccc4[nH]ccc34)ccc21. The number of hydrogen-bond donors (Lipinski definition) is 1. The number of carbonyl (C=O) groups is 2. The summed E-state index contributed by atoms with van der Waals surface area (Å²) in [5, 5.41) is 7.96. The fourth-order valence-corrected chi connectivity index (χ4v) is 4.85. The normalized spacial score (nSPS) is 14.9. The summed E-state index contributed by atoms with van der Waals surface area (Å²) in [6.45, 7) is 3.55. The van der Waals surface area contributed by atoms with Crippen molar-refractivity contribution in [3.05, 3.63) is 89.7 Å². The van der Waals surface area contributed by atoms with E-state index in [4.69, 9.17) is 4.42 Å². The molecule has 0 saturated heterocycles. The molecule has 5 aromatic rings. The van der Waals surface area contributed by atoms with Gasteiger partial charge in [0.2, 0.25) is 11.8 Å². The van der Waals surface area contributed by atoms with Crippen molar-refractivity contribution in [3.63, 3.8) is 0 Å². The molecule has 0 unspecified atom stereocenters. The van der Waals surface area contributed by atoms with Gasteiger partial charge in [0, 0.05) is 28.9 Å². The van der Waals surface area contributed by atoms with Crippen LogP contribution in [0.5, 0.6) is 0 Å². The predicted octanol–water partition coefficient (Wildman–Crippen LogP) is 5.68. The molecule has 190 valence electrons. The Morgan fingerprint density at radius 2 is 1.82 bits per heavy atom. The summed E-state index contributed by atoms with van der Waals surface area (Å²) in [4.78, 5) is 35.8. The molecule has 3 aromatic heterocycles. The summed E-state index contributed by atoms with van der Waals surface area (Å²) < 4.78 is 30.5. The Morgan fingerprint density at radius 3 is 2.55 bits per heavy atom. The van der Waals surface area contributed by atoms with Gasteiger partial charge in [-0.15, -0.1) is 10.2 Å². The molecule has 8 nitrogen and oxygen atoms in total. The van der Waals surface area contributed by atoms with E-state index in [9.17, 15) is 18.4 Å². The minimum absolute atomic E-state index is 0.0510. The van der Waals surface area contributed by atoms with Gasteiger partial charge in [-0.1, -0.05) is 24.3 Å². The Kier molecular flexibility index (Phi) is 5.41. The minimum Gasteiger partial charge on any atom is -0.415 e. The van der Waals surface area contributed by atoms with Gasteiger partial charge in [-0.05, 0) is 60.9 Å². The summed E-state index contributed by atoms with van der Waals surface area (Å²) in [6.07, 6.45) is 0.379. The zero-order chi connectivity index (χ0) is 26.6. The molecule has 6 rings (SSSR count). The molecule has 0 radical (unpaired) electrons. The van der Waals surface area contributed by atoms with Crippen molar-refractivity contribution < 1.29 is 22.8 Å². The van der Waals surface area contributed by atoms with Crippen molar-refractivity contribution in [1.82, 2.24) is 25.1 Å². The number of carbonyl (C=O) groups excluding carboxylic acids is 2. The average molecular weight is 514 g/mol. The topological polar surface area (TPSA) is 105 Å². The van der Waals surface area contributed by atoms with Crippen molar-refractivity contribution in [2.24, 2.45) is 0 Å². The Hall–Kier alpha value is -4.73. The van der Waals surface area contributed by atoms with Crippen molar-refractivity contribution in [2.75, 3.05) is 0 Å². The number of fused-ring (bicyclic) bond motifs is 2. The van der Waals surface area contributed by atoms with Gasteiger partial charge < -0.3 is 9.40 Å². The third-order valence-electron chi connectivity index (χ3n) is 6.87. The van der Waals surface area contributed by atoms with Crippen LogP contribution in [0.4, 0.5) is 8.78 Å². The van der Waals surface area contributed by atoms with Crippen LogP contribution < -0.4 is 0 Å². The number of aromatic amines is 1. The molecule has 0 atom stereocenters. The number of rotatable bonds is 5. The van der Waals surface area contributed by atoms with Gasteiger partial charge in [0.1, 0.15) is 0 Å². The van der Waals surface area contributed by atoms with E-state index in [0.29, 0.717) is 22.4 Å². The number of halogens is 2. The second-order valence-electron chi connectivity index (χ2n) is 9.61. The van der Waals surface area contributed by atoms with Crippen LogP contribution in [0.3, 0.4) is 0 Å². The largest absolute Gasteiger partial charge is 0.415 e. The van der Waals surface area contributed by atoms with Gasteiger partial charge in [0.25, 0.3) is 11.8 Å². The highest BCUT2D eigenvalue weighted by Crippen LogP contribution is 2.38. The Balaban J connectivity index is 1.32. The highest BCUT2D eigenvalue weighted by atomic mass is 19.3. The summed E-state index contributed by atoms with van der Waals surface area (Å²) in [7, 11) is 0. The van der Waals surface area contributed by atoms with E-state index in [1.54, 1.807) is 26.0 Å². The lowest BCUT2D eigenvalue weighted by molar-refractivity contribution is -0.134. The number of imide groups is 1. The lowest BCUT2D eigenvalue weighted by Gasteiger charge is -2.37. The van der Waals surface area contributed by atoms with E-state index in [0.717, 1.165) is 22.0 Å². The van der Waals surface area contributed by atoms with Gasteiger partial charge in [0.05, 0.1) is 23.2 Å². The number of hydrogen-bond acceptors (Lipinski definition) is 6. The number of alkyl halides is 2. The summed E-state index contributed by atoms with van der Waals surface area (Å²) in [5.74, 6) is -1.61. The summed E-state index contributed by atoms with van der Waals surface area (Å²) >= 11 is 0. The summed E-state index contributed by atoms with van der Waals surface area (Å²) in [5.41, 5.74) is 3.83. The monoisotopic (exact) mass is 513 g/mol. The maximum Gasteiger partial charge on any atom is 0.314 e. The van der Waals surface area contributed by atoms with E-state index >= 15 is 0 Å². The standard InChI is InChI=1S/C28H21F2N5O3/c1-28(2)21-9-7-15(18-4-3-5-22-19(18)10-11-31-22)12-20(21)26(36)35(27(28)37)14-17-8-6-16(13-32-17)24-33-34-25(38-24)23(29)30/h3-13,23,31H,14H2,1-2H3. The van der Waals surface area contributed by atoms with Crippen LogP contribution in [0.15, 0.2) is 71.4 Å². The van der Waals surface area contributed by atoms with Crippen molar-refractivity contribution in [2.45, 2.75) is 32.2 Å². The van der Waals surface area contributed by atoms with Gasteiger partial charge in [-0.2, -0.15) is 8.78 Å². The number of aromatic nitrogens is 4. The van der Waals surface area contributed by atoms with Crippen LogP contribution in [0.25, 0.3) is 33.5 Å². The molecule has 1 aliphatic heterocycles. The van der Waals surface area contributed by atoms with Crippen molar-refractivity contribution in [3.8, 4) is 22.6 Å². The first-order valence-electron chi connectivity index (χ1n) is 11.9. The highest BCUT2D eigenvalue weighted by molar-refractivity contribution is 6.13. The molecular weight excluding hydrogens is 492 g/mol. The average Bonchev–Trinajstić information content (AvgIpc) is 3.60. The summed E-state index contributed by atoms with van der Waals surface area (Å²) in [6, 6.07) is 16.7. The molecule has 0 spiro atoms. The van der Waals surface area contributed by atoms with Crippen LogP contribution in [-0.4, -0.2) is 36.9 Å². The number of benzene rings is 2. The molecule has 10 heteroatoms. The highest BCUT2D eigenvalue weighted by Gasteiger charge is 2.44. The first-order valence-corrected chi connectivity index (χ1v) is 11.9. The van der Waals surface area contributed by atoms with Crippen LogP contribution in [0.2, 0.25) is 0 Å². The third-order valence-corrected chi connectivity index (χ3v) is 6.87. The third kappa shape index (κ3) is 3.76. The number of amides is 2. The van der Waals surface area contributed by atoms with Crippen molar-refractivity contribution >= 4 is 22.7 Å². The minimum atomic E-state index is -2.87. The number of pyridine rings is 1. The number of nitrogens with one attached hydrogen (secondary N) is 1. The van der Waals surface area contributed by atoms with Gasteiger partial charge in [-0.25, -0.2) is 0 Å². The lowest BCUT2D eigenvalue weighted by Crippen LogP contribution is -2.51. The second-order valence-corrected chi connectivity index (χ2v) is 9.61. The van der Waals surface area contributed by atoms with E-state index < -0.39 is 23.6 Å². The molecule has 38 heavy (non-hydrogen) atoms. The number of H-pyrrole nitrogens is 1. The van der Waals surface area contributed by atoms with Gasteiger partial charge >= 0.3 is 6.43 Å². The van der Waals surface area contributed by atoms with Crippen LogP contribution >= 0.6 is 0 Å². The Morgan fingerprint density at radius 1 is 1.00 bits per heavy atom. The fraction of sp³-hybridized carbons (Fsp3) is 0.179. The van der Waals surface area contributed by atoms with E-state index in [1.165, 1.54) is 11.1 Å². The van der Waals surface area contributed by atoms with Crippen LogP contribution in [0, 0.1) is 0 Å². The maximum atomic E-state index is 13.6. The molecule has 0 bridgehead atoms. The van der Waals surface area contributed by atoms with Gasteiger partial charge in [0.15, 0.2) is 0 Å². The molecule has 2 amide bonds. The zero-order valence-electron chi connectivity index (χ0n) is 20.4. The van der Waals surface area contributed by atoms with Crippen LogP contribution in [-0.2, 0) is 16.8 Å². The molecular formula is C28H21F2N5O3. The van der Waals surface area contributed by atoms with Crippen molar-refractivity contribution in [1.29, 1.82) is 0 Å². The quantitative estimate of drug-likeness (QED) is 0.303. The molecule has 2 aromatic carbocycles. The molecule has 0 saturated carbocycles. The maximum absolute atomic E-state index is 13.6. The number of nitrogens with zero attached hydrogens (tertiary/aromatic N) is 4. The molecule has 0 aliphatic carbocycles. The van der Waals surface area contributed by atoms with E-state index in [1.807, 2.05) is 48.7 Å². The Bertz CT molecular complexity index is 1710. The van der Waals surface area contributed by atoms with E-state index in [2.05, 4.69) is 20.2 Å². The first kappa shape index (κ1) is 23.7. The molecule has 0 fully saturated rings. The zero-order valence-corrected chi connectivity index (χ0v) is 20.4. The fourth-order valence-electron chi connectivity index (χ4n) is 4.85. The molecule has 4 heterocycles. The second kappa shape index (κ2) is 8.69. The lowest BCUT2D eigenvalue weighted by atomic mass is 9.76.